The highest BCUT2D eigenvalue weighted by Crippen LogP contribution is 2.30. The van der Waals surface area contributed by atoms with E-state index in [4.69, 9.17) is 0 Å². The number of rotatable bonds is 2. The van der Waals surface area contributed by atoms with Crippen molar-refractivity contribution in [2.75, 3.05) is 11.4 Å². The van der Waals surface area contributed by atoms with Crippen LogP contribution >= 0.6 is 0 Å². The molecule has 1 amide bonds. The van der Waals surface area contributed by atoms with Crippen LogP contribution in [0.25, 0.3) is 10.8 Å². The number of β-lactam (4-membered cyclic amide) rings is 1. The summed E-state index contributed by atoms with van der Waals surface area (Å²) in [4.78, 5) is 24.0. The van der Waals surface area contributed by atoms with E-state index in [0.29, 0.717) is 18.1 Å². The quantitative estimate of drug-likeness (QED) is 0.647. The van der Waals surface area contributed by atoms with Crippen LogP contribution in [0.4, 0.5) is 5.69 Å². The van der Waals surface area contributed by atoms with Crippen molar-refractivity contribution in [3.05, 3.63) is 35.9 Å². The number of benzene rings is 2. The summed E-state index contributed by atoms with van der Waals surface area (Å²) in [6, 6.07) is 8.66. The molecule has 0 bridgehead atoms. The summed E-state index contributed by atoms with van der Waals surface area (Å²) >= 11 is 0. The lowest BCUT2D eigenvalue weighted by Gasteiger charge is -2.30. The molecule has 0 aliphatic carbocycles. The summed E-state index contributed by atoms with van der Waals surface area (Å²) in [5.74, 6) is 0.0917. The molecule has 2 aromatic rings. The number of carbonyl (C=O) groups excluding carboxylic acids is 2. The van der Waals surface area contributed by atoms with Crippen molar-refractivity contribution in [3.63, 3.8) is 0 Å². The van der Waals surface area contributed by atoms with E-state index in [9.17, 15) is 14.7 Å². The third-order valence-electron chi connectivity index (χ3n) is 3.30. The van der Waals surface area contributed by atoms with Crippen LogP contribution in [0.15, 0.2) is 30.3 Å². The second-order valence-corrected chi connectivity index (χ2v) is 4.32. The summed E-state index contributed by atoms with van der Waals surface area (Å²) in [5.41, 5.74) is 1.12. The highest BCUT2D eigenvalue weighted by molar-refractivity contribution is 6.05. The van der Waals surface area contributed by atoms with Gasteiger partial charge in [-0.1, -0.05) is 12.1 Å². The van der Waals surface area contributed by atoms with Crippen molar-refractivity contribution in [1.82, 2.24) is 0 Å². The maximum Gasteiger partial charge on any atom is 0.228 e. The highest BCUT2D eigenvalue weighted by Gasteiger charge is 2.25. The average molecular weight is 241 g/mol. The van der Waals surface area contributed by atoms with Crippen LogP contribution in [0.2, 0.25) is 0 Å². The number of aldehydes is 1. The Labute approximate surface area is 103 Å². The monoisotopic (exact) mass is 241 g/mol. The molecule has 1 aliphatic rings. The van der Waals surface area contributed by atoms with E-state index >= 15 is 0 Å². The topological polar surface area (TPSA) is 57.6 Å². The number of amides is 1. The minimum atomic E-state index is -0.0229. The predicted molar refractivity (Wildman–Crippen MR) is 68.0 cm³/mol. The molecule has 0 atom stereocenters. The molecule has 90 valence electrons. The van der Waals surface area contributed by atoms with Gasteiger partial charge in [0.25, 0.3) is 0 Å². The van der Waals surface area contributed by atoms with Gasteiger partial charge in [-0.3, -0.25) is 9.59 Å². The van der Waals surface area contributed by atoms with E-state index in [1.165, 1.54) is 6.07 Å². The van der Waals surface area contributed by atoms with Crippen molar-refractivity contribution in [3.8, 4) is 5.75 Å². The molecular weight excluding hydrogens is 230 g/mol. The average Bonchev–Trinajstić information content (AvgIpc) is 2.37. The van der Waals surface area contributed by atoms with Crippen molar-refractivity contribution >= 4 is 28.7 Å². The van der Waals surface area contributed by atoms with Gasteiger partial charge in [-0.15, -0.1) is 0 Å². The first-order valence-corrected chi connectivity index (χ1v) is 5.72. The summed E-state index contributed by atoms with van der Waals surface area (Å²) in [6.07, 6.45) is 1.24. The van der Waals surface area contributed by atoms with Gasteiger partial charge >= 0.3 is 0 Å². The number of fused-ring (bicyclic) bond motifs is 1. The number of hydrogen-bond acceptors (Lipinski definition) is 3. The van der Waals surface area contributed by atoms with Crippen molar-refractivity contribution in [2.45, 2.75) is 6.42 Å². The maximum atomic E-state index is 11.4. The lowest BCUT2D eigenvalue weighted by Crippen LogP contribution is -2.43. The van der Waals surface area contributed by atoms with Gasteiger partial charge in [0.1, 0.15) is 5.75 Å². The van der Waals surface area contributed by atoms with Crippen LogP contribution in [0.3, 0.4) is 0 Å². The first-order valence-electron chi connectivity index (χ1n) is 5.72. The fourth-order valence-corrected chi connectivity index (χ4v) is 2.21. The summed E-state index contributed by atoms with van der Waals surface area (Å²) in [5, 5.41) is 11.1. The van der Waals surface area contributed by atoms with Crippen LogP contribution in [0.5, 0.6) is 5.75 Å². The molecule has 1 aliphatic heterocycles. The molecule has 1 heterocycles. The van der Waals surface area contributed by atoms with E-state index in [2.05, 4.69) is 0 Å². The zero-order valence-corrected chi connectivity index (χ0v) is 9.59. The molecule has 0 unspecified atom stereocenters. The molecule has 4 nitrogen and oxygen atoms in total. The Balaban J connectivity index is 2.16. The van der Waals surface area contributed by atoms with E-state index < -0.39 is 0 Å². The van der Waals surface area contributed by atoms with Crippen LogP contribution < -0.4 is 4.90 Å². The second-order valence-electron chi connectivity index (χ2n) is 4.32. The molecule has 3 rings (SSSR count). The molecule has 1 saturated heterocycles. The molecular formula is C14H11NO3. The minimum absolute atomic E-state index is 0.0229. The molecule has 0 aromatic heterocycles. The largest absolute Gasteiger partial charge is 0.507 e. The van der Waals surface area contributed by atoms with Gasteiger partial charge in [-0.2, -0.15) is 0 Å². The smallest absolute Gasteiger partial charge is 0.228 e. The highest BCUT2D eigenvalue weighted by atomic mass is 16.3. The maximum absolute atomic E-state index is 11.4. The zero-order chi connectivity index (χ0) is 12.7. The first-order chi connectivity index (χ1) is 8.70. The SMILES string of the molecule is O=Cc1c(O)ccc2cc(N3CCC3=O)ccc12. The Morgan fingerprint density at radius 1 is 1.22 bits per heavy atom. The first kappa shape index (κ1) is 10.8. The van der Waals surface area contributed by atoms with Gasteiger partial charge in [0.15, 0.2) is 6.29 Å². The summed E-state index contributed by atoms with van der Waals surface area (Å²) < 4.78 is 0. The molecule has 0 spiro atoms. The summed E-state index contributed by atoms with van der Waals surface area (Å²) in [6.45, 7) is 0.739. The number of aromatic hydroxyl groups is 1. The Morgan fingerprint density at radius 3 is 2.67 bits per heavy atom. The molecule has 4 heteroatoms. The van der Waals surface area contributed by atoms with Gasteiger partial charge < -0.3 is 10.0 Å². The van der Waals surface area contributed by atoms with Crippen molar-refractivity contribution in [1.29, 1.82) is 0 Å². The van der Waals surface area contributed by atoms with E-state index in [1.54, 1.807) is 23.1 Å². The van der Waals surface area contributed by atoms with E-state index in [0.717, 1.165) is 17.6 Å². The fourth-order valence-electron chi connectivity index (χ4n) is 2.21. The van der Waals surface area contributed by atoms with Gasteiger partial charge in [0.2, 0.25) is 5.91 Å². The van der Waals surface area contributed by atoms with Gasteiger partial charge in [-0.05, 0) is 29.0 Å². The molecule has 0 saturated carbocycles. The number of phenolic OH excluding ortho intramolecular Hbond substituents is 1. The number of carbonyl (C=O) groups is 2. The Bertz CT molecular complexity index is 663. The van der Waals surface area contributed by atoms with Crippen LogP contribution in [0, 0.1) is 0 Å². The zero-order valence-electron chi connectivity index (χ0n) is 9.59. The van der Waals surface area contributed by atoms with Gasteiger partial charge in [-0.25, -0.2) is 0 Å². The molecule has 0 radical (unpaired) electrons. The van der Waals surface area contributed by atoms with Crippen LogP contribution in [-0.2, 0) is 4.79 Å². The number of phenols is 1. The van der Waals surface area contributed by atoms with Crippen molar-refractivity contribution in [2.24, 2.45) is 0 Å². The lowest BCUT2D eigenvalue weighted by molar-refractivity contribution is -0.122. The normalized spacial score (nSPS) is 14.7. The third kappa shape index (κ3) is 1.46. The summed E-state index contributed by atoms with van der Waals surface area (Å²) in [7, 11) is 0. The van der Waals surface area contributed by atoms with Crippen molar-refractivity contribution < 1.29 is 14.7 Å². The fraction of sp³-hybridized carbons (Fsp3) is 0.143. The molecule has 2 aromatic carbocycles. The number of anilines is 1. The second kappa shape index (κ2) is 3.84. The van der Waals surface area contributed by atoms with E-state index in [-0.39, 0.29) is 17.2 Å². The Kier molecular flexibility index (Phi) is 2.30. The van der Waals surface area contributed by atoms with E-state index in [1.807, 2.05) is 6.07 Å². The molecule has 1 N–H and O–H groups in total. The number of nitrogens with zero attached hydrogens (tertiary/aromatic N) is 1. The predicted octanol–water partition coefficient (Wildman–Crippen LogP) is 2.09. The Morgan fingerprint density at radius 2 is 2.06 bits per heavy atom. The third-order valence-corrected chi connectivity index (χ3v) is 3.30. The van der Waals surface area contributed by atoms with Gasteiger partial charge in [0, 0.05) is 18.7 Å². The van der Waals surface area contributed by atoms with Crippen LogP contribution in [0.1, 0.15) is 16.8 Å². The molecule has 18 heavy (non-hydrogen) atoms. The van der Waals surface area contributed by atoms with Gasteiger partial charge in [0.05, 0.1) is 5.56 Å². The standard InChI is InChI=1S/C14H11NO3/c16-8-12-11-3-2-10(15-6-5-14(15)18)7-9(11)1-4-13(12)17/h1-4,7-8,17H,5-6H2. The lowest BCUT2D eigenvalue weighted by atomic mass is 10.0. The minimum Gasteiger partial charge on any atom is -0.507 e. The molecule has 1 fully saturated rings. The Hall–Kier alpha value is -2.36. The van der Waals surface area contributed by atoms with Crippen LogP contribution in [-0.4, -0.2) is 23.8 Å². The number of hydrogen-bond donors (Lipinski definition) is 1.